The molecule has 0 aromatic rings. The van der Waals surface area contributed by atoms with E-state index in [4.69, 9.17) is 9.47 Å². The number of hydrogen-bond donors (Lipinski definition) is 2. The van der Waals surface area contributed by atoms with Gasteiger partial charge in [-0.15, -0.1) is 0 Å². The zero-order valence-corrected chi connectivity index (χ0v) is 16.0. The predicted octanol–water partition coefficient (Wildman–Crippen LogP) is 0.943. The van der Waals surface area contributed by atoms with Gasteiger partial charge in [0.2, 0.25) is 0 Å². The van der Waals surface area contributed by atoms with Crippen LogP contribution in [0.4, 0.5) is 0 Å². The number of quaternary nitrogens is 1. The van der Waals surface area contributed by atoms with Crippen LogP contribution in [0, 0.1) is 23.2 Å². The fraction of sp³-hybridized carbons (Fsp3) is 0.952. The highest BCUT2D eigenvalue weighted by atomic mass is 16.6. The highest BCUT2D eigenvalue weighted by Crippen LogP contribution is 2.62. The summed E-state index contributed by atoms with van der Waals surface area (Å²) in [6, 6.07) is 0.303. The van der Waals surface area contributed by atoms with Crippen molar-refractivity contribution in [3.63, 3.8) is 0 Å². The number of carbonyl (C=O) groups excluding carboxylic acids is 1. The smallest absolute Gasteiger partial charge is 0.315 e. The van der Waals surface area contributed by atoms with Gasteiger partial charge in [0, 0.05) is 12.3 Å². The van der Waals surface area contributed by atoms with Crippen molar-refractivity contribution < 1.29 is 24.3 Å². The highest BCUT2D eigenvalue weighted by molar-refractivity contribution is 5.75. The number of ether oxygens (including phenoxy) is 2. The Morgan fingerprint density at radius 3 is 2.88 bits per heavy atom. The Hall–Kier alpha value is -0.650. The fourth-order valence-corrected chi connectivity index (χ4v) is 7.11. The van der Waals surface area contributed by atoms with Crippen LogP contribution in [0.2, 0.25) is 0 Å². The predicted molar refractivity (Wildman–Crippen MR) is 95.6 cm³/mol. The summed E-state index contributed by atoms with van der Waals surface area (Å²) >= 11 is 0. The molecule has 0 amide bonds. The molecule has 146 valence electrons. The van der Waals surface area contributed by atoms with Gasteiger partial charge in [0.25, 0.3) is 0 Å². The Balaban J connectivity index is 1.35. The summed E-state index contributed by atoms with van der Waals surface area (Å²) in [4.78, 5) is 14.2. The molecule has 0 bridgehead atoms. The molecule has 0 radical (unpaired) electrons. The van der Waals surface area contributed by atoms with Crippen LogP contribution in [0.1, 0.15) is 58.3 Å². The molecule has 3 heterocycles. The topological polar surface area (TPSA) is 63.5 Å². The van der Waals surface area contributed by atoms with Gasteiger partial charge in [0.15, 0.2) is 0 Å². The SMILES string of the molecule is C[C@]12CCC[C@@]3(CO3)[C@H]1C[C@H]1[C@@H](C2)OC(=O)[C@@H]1C[NH+]1CCCC[C@@H]1CO. The van der Waals surface area contributed by atoms with Gasteiger partial charge in [-0.3, -0.25) is 4.79 Å². The second-order valence-corrected chi connectivity index (χ2v) is 10.1. The molecule has 5 aliphatic rings. The number of piperidine rings is 1. The molecule has 2 saturated carbocycles. The average Bonchev–Trinajstić information content (AvgIpc) is 3.33. The van der Waals surface area contributed by atoms with Gasteiger partial charge in [-0.1, -0.05) is 6.92 Å². The third-order valence-corrected chi connectivity index (χ3v) is 8.66. The maximum absolute atomic E-state index is 12.8. The van der Waals surface area contributed by atoms with E-state index in [1.54, 1.807) is 0 Å². The van der Waals surface area contributed by atoms with E-state index < -0.39 is 0 Å². The normalized spacial score (nSPS) is 53.1. The largest absolute Gasteiger partial charge is 0.462 e. The van der Waals surface area contributed by atoms with Gasteiger partial charge in [0.05, 0.1) is 31.9 Å². The molecule has 0 aromatic heterocycles. The summed E-state index contributed by atoms with van der Waals surface area (Å²) in [6.45, 7) is 5.51. The minimum Gasteiger partial charge on any atom is -0.462 e. The number of rotatable bonds is 3. The Kier molecular flexibility index (Phi) is 4.15. The minimum absolute atomic E-state index is 0.0180. The van der Waals surface area contributed by atoms with Gasteiger partial charge >= 0.3 is 5.97 Å². The molecule has 8 atom stereocenters. The first-order valence-corrected chi connectivity index (χ1v) is 10.8. The summed E-state index contributed by atoms with van der Waals surface area (Å²) in [5.74, 6) is 0.993. The third-order valence-electron chi connectivity index (χ3n) is 8.66. The number of nitrogens with one attached hydrogen (secondary N) is 1. The van der Waals surface area contributed by atoms with Crippen LogP contribution in [0.15, 0.2) is 0 Å². The van der Waals surface area contributed by atoms with Crippen molar-refractivity contribution in [2.75, 3.05) is 26.3 Å². The molecular weight excluding hydrogens is 330 g/mol. The molecule has 1 unspecified atom stereocenters. The lowest BCUT2D eigenvalue weighted by atomic mass is 9.53. The van der Waals surface area contributed by atoms with E-state index in [-0.39, 0.29) is 35.6 Å². The first-order chi connectivity index (χ1) is 12.5. The van der Waals surface area contributed by atoms with E-state index in [0.29, 0.717) is 17.9 Å². The van der Waals surface area contributed by atoms with Crippen LogP contribution in [0.3, 0.4) is 0 Å². The number of carbonyl (C=O) groups is 1. The van der Waals surface area contributed by atoms with Crippen molar-refractivity contribution >= 4 is 5.97 Å². The molecule has 1 spiro atoms. The van der Waals surface area contributed by atoms with Crippen LogP contribution in [-0.4, -0.2) is 55.1 Å². The third kappa shape index (κ3) is 2.65. The highest BCUT2D eigenvalue weighted by Gasteiger charge is 2.65. The molecule has 5 fully saturated rings. The van der Waals surface area contributed by atoms with Crippen LogP contribution < -0.4 is 4.90 Å². The molecule has 5 nitrogen and oxygen atoms in total. The monoisotopic (exact) mass is 364 g/mol. The van der Waals surface area contributed by atoms with Gasteiger partial charge in [-0.25, -0.2) is 0 Å². The molecular formula is C21H34NO4+. The van der Waals surface area contributed by atoms with E-state index in [0.717, 1.165) is 39.0 Å². The number of esters is 1. The van der Waals surface area contributed by atoms with Crippen molar-refractivity contribution in [1.29, 1.82) is 0 Å². The Morgan fingerprint density at radius 1 is 1.27 bits per heavy atom. The number of hydrogen-bond acceptors (Lipinski definition) is 4. The van der Waals surface area contributed by atoms with Crippen LogP contribution in [0.25, 0.3) is 0 Å². The molecule has 0 aromatic carbocycles. The van der Waals surface area contributed by atoms with E-state index in [1.807, 2.05) is 0 Å². The minimum atomic E-state index is 0.0180. The Bertz CT molecular complexity index is 576. The summed E-state index contributed by atoms with van der Waals surface area (Å²) in [7, 11) is 0. The number of likely N-dealkylation sites (tertiary alicyclic amines) is 1. The fourth-order valence-electron chi connectivity index (χ4n) is 7.11. The lowest BCUT2D eigenvalue weighted by Gasteiger charge is -2.51. The van der Waals surface area contributed by atoms with Crippen molar-refractivity contribution in [2.45, 2.75) is 76.0 Å². The number of aliphatic hydroxyl groups excluding tert-OH is 1. The first-order valence-electron chi connectivity index (χ1n) is 10.8. The van der Waals surface area contributed by atoms with Crippen molar-refractivity contribution in [3.05, 3.63) is 0 Å². The lowest BCUT2D eigenvalue weighted by Crippen LogP contribution is -3.17. The number of aliphatic hydroxyl groups is 1. The zero-order valence-electron chi connectivity index (χ0n) is 16.0. The number of fused-ring (bicyclic) bond motifs is 3. The van der Waals surface area contributed by atoms with Crippen molar-refractivity contribution in [2.24, 2.45) is 23.2 Å². The van der Waals surface area contributed by atoms with Crippen molar-refractivity contribution in [1.82, 2.24) is 0 Å². The lowest BCUT2D eigenvalue weighted by molar-refractivity contribution is -0.933. The maximum atomic E-state index is 12.8. The Labute approximate surface area is 156 Å². The average molecular weight is 365 g/mol. The Morgan fingerprint density at radius 2 is 2.12 bits per heavy atom. The van der Waals surface area contributed by atoms with Gasteiger partial charge in [0.1, 0.15) is 18.1 Å². The van der Waals surface area contributed by atoms with E-state index in [1.165, 1.54) is 37.0 Å². The summed E-state index contributed by atoms with van der Waals surface area (Å²) in [5, 5.41) is 9.75. The second kappa shape index (κ2) is 6.18. The summed E-state index contributed by atoms with van der Waals surface area (Å²) in [6.07, 6.45) is 9.42. The standard InChI is InChI=1S/C21H33NO4/c1-20-6-4-7-21(13-25-21)18(20)9-15-16(19(24)26-17(15)10-20)11-22-8-3-2-5-14(22)12-23/h14-18,23H,2-13H2,1H3/p+1/t14-,15-,16-,17-,18+,20-,21-/m1/s1. The van der Waals surface area contributed by atoms with Crippen LogP contribution in [-0.2, 0) is 14.3 Å². The zero-order chi connectivity index (χ0) is 17.9. The van der Waals surface area contributed by atoms with Gasteiger partial charge in [-0.05, 0) is 56.3 Å². The molecule has 2 aliphatic carbocycles. The van der Waals surface area contributed by atoms with Crippen LogP contribution >= 0.6 is 0 Å². The molecule has 5 rings (SSSR count). The van der Waals surface area contributed by atoms with Gasteiger partial charge in [-0.2, -0.15) is 0 Å². The van der Waals surface area contributed by atoms with Gasteiger partial charge < -0.3 is 19.5 Å². The van der Waals surface area contributed by atoms with E-state index >= 15 is 0 Å². The second-order valence-electron chi connectivity index (χ2n) is 10.1. The van der Waals surface area contributed by atoms with E-state index in [9.17, 15) is 9.90 Å². The molecule has 3 aliphatic heterocycles. The summed E-state index contributed by atoms with van der Waals surface area (Å²) < 4.78 is 11.9. The van der Waals surface area contributed by atoms with E-state index in [2.05, 4.69) is 6.92 Å². The molecule has 2 N–H and O–H groups in total. The maximum Gasteiger partial charge on any atom is 0.315 e. The summed E-state index contributed by atoms with van der Waals surface area (Å²) in [5.41, 5.74) is 0.399. The van der Waals surface area contributed by atoms with Crippen molar-refractivity contribution in [3.8, 4) is 0 Å². The van der Waals surface area contributed by atoms with Crippen LogP contribution in [0.5, 0.6) is 0 Å². The number of epoxide rings is 1. The quantitative estimate of drug-likeness (QED) is 0.578. The molecule has 5 heteroatoms. The molecule has 26 heavy (non-hydrogen) atoms. The molecule has 3 saturated heterocycles. The first kappa shape index (κ1) is 17.4.